The highest BCUT2D eigenvalue weighted by Gasteiger charge is 2.37. The minimum absolute atomic E-state index is 0.251. The Bertz CT molecular complexity index is 993. The molecule has 166 valence electrons. The number of hydrogen-bond acceptors (Lipinski definition) is 5. The Morgan fingerprint density at radius 3 is 2.09 bits per heavy atom. The number of amides is 3. The summed E-state index contributed by atoms with van der Waals surface area (Å²) < 4.78 is 5.27. The molecule has 0 radical (unpaired) electrons. The van der Waals surface area contributed by atoms with E-state index in [4.69, 9.17) is 4.74 Å². The molecule has 0 saturated carbocycles. The standard InChI is InChI=1S/C25H26N2O5/c1-17(23(29)26-13-11-19(12-14-26)15-18-7-3-2-4-8-18)32-22(28)16-27-24(30)20-9-5-6-10-21(20)25(27)31/h2-10,17,19H,11-16H2,1H3. The molecule has 7 heteroatoms. The number of likely N-dealkylation sites (tertiary alicyclic amines) is 1. The van der Waals surface area contributed by atoms with E-state index < -0.39 is 30.4 Å². The summed E-state index contributed by atoms with van der Waals surface area (Å²) in [5, 5.41) is 0. The second-order valence-electron chi connectivity index (χ2n) is 8.33. The summed E-state index contributed by atoms with van der Waals surface area (Å²) in [5.74, 6) is -1.56. The molecule has 2 aliphatic rings. The SMILES string of the molecule is CC(OC(=O)CN1C(=O)c2ccccc2C1=O)C(=O)N1CCC(Cc2ccccc2)CC1. The zero-order valence-electron chi connectivity index (χ0n) is 18.0. The molecule has 3 amide bonds. The average molecular weight is 434 g/mol. The van der Waals surface area contributed by atoms with Crippen molar-refractivity contribution in [2.24, 2.45) is 5.92 Å². The van der Waals surface area contributed by atoms with Crippen LogP contribution >= 0.6 is 0 Å². The van der Waals surface area contributed by atoms with Crippen LogP contribution in [0.2, 0.25) is 0 Å². The monoisotopic (exact) mass is 434 g/mol. The predicted octanol–water partition coefficient (Wildman–Crippen LogP) is 2.70. The summed E-state index contributed by atoms with van der Waals surface area (Å²) in [4.78, 5) is 52.5. The van der Waals surface area contributed by atoms with Gasteiger partial charge in [0.25, 0.3) is 17.7 Å². The highest BCUT2D eigenvalue weighted by molar-refractivity contribution is 6.22. The molecule has 1 unspecified atom stereocenters. The first-order valence-corrected chi connectivity index (χ1v) is 10.9. The first-order valence-electron chi connectivity index (χ1n) is 10.9. The molecule has 0 aromatic heterocycles. The van der Waals surface area contributed by atoms with Crippen molar-refractivity contribution < 1.29 is 23.9 Å². The van der Waals surface area contributed by atoms with Gasteiger partial charge in [-0.15, -0.1) is 0 Å². The van der Waals surface area contributed by atoms with Crippen LogP contribution in [-0.2, 0) is 20.7 Å². The number of ether oxygens (including phenoxy) is 1. The number of benzene rings is 2. The Hall–Kier alpha value is -3.48. The lowest BCUT2D eigenvalue weighted by Gasteiger charge is -2.33. The fourth-order valence-electron chi connectivity index (χ4n) is 4.36. The van der Waals surface area contributed by atoms with E-state index in [9.17, 15) is 19.2 Å². The predicted molar refractivity (Wildman–Crippen MR) is 117 cm³/mol. The quantitative estimate of drug-likeness (QED) is 0.516. The van der Waals surface area contributed by atoms with Gasteiger partial charge in [0, 0.05) is 13.1 Å². The van der Waals surface area contributed by atoms with E-state index in [1.165, 1.54) is 12.5 Å². The molecular formula is C25H26N2O5. The van der Waals surface area contributed by atoms with Crippen LogP contribution < -0.4 is 0 Å². The van der Waals surface area contributed by atoms with Crippen LogP contribution in [0.5, 0.6) is 0 Å². The van der Waals surface area contributed by atoms with Crippen molar-refractivity contribution in [2.45, 2.75) is 32.3 Å². The third kappa shape index (κ3) is 4.56. The smallest absolute Gasteiger partial charge is 0.326 e. The Balaban J connectivity index is 1.26. The lowest BCUT2D eigenvalue weighted by atomic mass is 9.90. The van der Waals surface area contributed by atoms with Crippen LogP contribution in [0.15, 0.2) is 54.6 Å². The molecule has 2 aromatic carbocycles. The molecule has 2 aromatic rings. The number of carbonyl (C=O) groups excluding carboxylic acids is 4. The van der Waals surface area contributed by atoms with Crippen LogP contribution in [0.25, 0.3) is 0 Å². The number of hydrogen-bond donors (Lipinski definition) is 0. The van der Waals surface area contributed by atoms with Gasteiger partial charge in [0.2, 0.25) is 0 Å². The molecule has 7 nitrogen and oxygen atoms in total. The molecule has 0 N–H and O–H groups in total. The molecule has 0 spiro atoms. The van der Waals surface area contributed by atoms with Gasteiger partial charge in [-0.1, -0.05) is 42.5 Å². The molecule has 32 heavy (non-hydrogen) atoms. The minimum atomic E-state index is -0.969. The van der Waals surface area contributed by atoms with Crippen molar-refractivity contribution >= 4 is 23.7 Å². The van der Waals surface area contributed by atoms with E-state index in [2.05, 4.69) is 12.1 Å². The second-order valence-corrected chi connectivity index (χ2v) is 8.33. The van der Waals surface area contributed by atoms with Crippen molar-refractivity contribution in [3.8, 4) is 0 Å². The van der Waals surface area contributed by atoms with Crippen LogP contribution in [0.4, 0.5) is 0 Å². The molecule has 2 heterocycles. The van der Waals surface area contributed by atoms with Crippen molar-refractivity contribution in [3.05, 3.63) is 71.3 Å². The number of fused-ring (bicyclic) bond motifs is 1. The summed E-state index contributed by atoms with van der Waals surface area (Å²) >= 11 is 0. The number of nitrogens with zero attached hydrogens (tertiary/aromatic N) is 2. The van der Waals surface area contributed by atoms with E-state index in [1.54, 1.807) is 29.2 Å². The van der Waals surface area contributed by atoms with Gasteiger partial charge in [-0.25, -0.2) is 0 Å². The fraction of sp³-hybridized carbons (Fsp3) is 0.360. The van der Waals surface area contributed by atoms with E-state index in [0.29, 0.717) is 19.0 Å². The first kappa shape index (κ1) is 21.7. The van der Waals surface area contributed by atoms with Gasteiger partial charge in [-0.05, 0) is 49.8 Å². The van der Waals surface area contributed by atoms with E-state index in [1.807, 2.05) is 18.2 Å². The highest BCUT2D eigenvalue weighted by atomic mass is 16.5. The summed E-state index contributed by atoms with van der Waals surface area (Å²) in [7, 11) is 0. The molecule has 0 bridgehead atoms. The van der Waals surface area contributed by atoms with Gasteiger partial charge in [-0.3, -0.25) is 24.1 Å². The zero-order chi connectivity index (χ0) is 22.7. The summed E-state index contributed by atoms with van der Waals surface area (Å²) in [6.07, 6.45) is 1.82. The molecule has 1 fully saturated rings. The Kier molecular flexibility index (Phi) is 6.35. The highest BCUT2D eigenvalue weighted by Crippen LogP contribution is 2.24. The lowest BCUT2D eigenvalue weighted by Crippen LogP contribution is -2.45. The van der Waals surface area contributed by atoms with Gasteiger partial charge in [-0.2, -0.15) is 0 Å². The number of esters is 1. The largest absolute Gasteiger partial charge is 0.451 e. The summed E-state index contributed by atoms with van der Waals surface area (Å²) in [6.45, 7) is 2.26. The Morgan fingerprint density at radius 1 is 0.938 bits per heavy atom. The van der Waals surface area contributed by atoms with Gasteiger partial charge in [0.05, 0.1) is 11.1 Å². The number of carbonyl (C=O) groups is 4. The van der Waals surface area contributed by atoms with E-state index in [-0.39, 0.29) is 17.0 Å². The number of piperidine rings is 1. The van der Waals surface area contributed by atoms with Gasteiger partial charge in [0.15, 0.2) is 6.10 Å². The van der Waals surface area contributed by atoms with Crippen molar-refractivity contribution in [3.63, 3.8) is 0 Å². The normalized spacial score (nSPS) is 17.3. The van der Waals surface area contributed by atoms with Crippen LogP contribution in [-0.4, -0.2) is 59.2 Å². The molecule has 2 aliphatic heterocycles. The van der Waals surface area contributed by atoms with Crippen molar-refractivity contribution in [1.29, 1.82) is 0 Å². The molecule has 1 atom stereocenters. The van der Waals surface area contributed by atoms with Gasteiger partial charge in [0.1, 0.15) is 6.54 Å². The maximum absolute atomic E-state index is 12.7. The van der Waals surface area contributed by atoms with E-state index in [0.717, 1.165) is 24.2 Å². The van der Waals surface area contributed by atoms with Crippen LogP contribution in [0.1, 0.15) is 46.0 Å². The summed E-state index contributed by atoms with van der Waals surface area (Å²) in [5.41, 5.74) is 1.84. The average Bonchev–Trinajstić information content (AvgIpc) is 3.05. The van der Waals surface area contributed by atoms with Crippen molar-refractivity contribution in [1.82, 2.24) is 9.80 Å². The van der Waals surface area contributed by atoms with Crippen LogP contribution in [0, 0.1) is 5.92 Å². The second kappa shape index (κ2) is 9.34. The number of imide groups is 1. The third-order valence-corrected chi connectivity index (χ3v) is 6.11. The van der Waals surface area contributed by atoms with Gasteiger partial charge >= 0.3 is 5.97 Å². The Morgan fingerprint density at radius 2 is 1.50 bits per heavy atom. The van der Waals surface area contributed by atoms with Gasteiger partial charge < -0.3 is 9.64 Å². The first-order chi connectivity index (χ1) is 15.4. The lowest BCUT2D eigenvalue weighted by molar-refractivity contribution is -0.159. The van der Waals surface area contributed by atoms with Crippen LogP contribution in [0.3, 0.4) is 0 Å². The minimum Gasteiger partial charge on any atom is -0.451 e. The maximum Gasteiger partial charge on any atom is 0.326 e. The molecular weight excluding hydrogens is 408 g/mol. The molecule has 4 rings (SSSR count). The van der Waals surface area contributed by atoms with E-state index >= 15 is 0 Å². The molecule has 1 saturated heterocycles. The molecule has 0 aliphatic carbocycles. The Labute approximate surface area is 187 Å². The topological polar surface area (TPSA) is 84.0 Å². The fourth-order valence-corrected chi connectivity index (χ4v) is 4.36. The zero-order valence-corrected chi connectivity index (χ0v) is 18.0. The third-order valence-electron chi connectivity index (χ3n) is 6.11. The number of rotatable bonds is 6. The maximum atomic E-state index is 12.7. The summed E-state index contributed by atoms with van der Waals surface area (Å²) in [6, 6.07) is 16.7. The van der Waals surface area contributed by atoms with Crippen molar-refractivity contribution in [2.75, 3.05) is 19.6 Å².